The highest BCUT2D eigenvalue weighted by Crippen LogP contribution is 2.25. The molecule has 0 unspecified atom stereocenters. The van der Waals surface area contributed by atoms with Crippen LogP contribution < -0.4 is 22.4 Å². The number of aliphatic hydroxyl groups is 1. The number of hydroxylamine groups is 3. The second-order valence-corrected chi connectivity index (χ2v) is 7.25. The predicted molar refractivity (Wildman–Crippen MR) is 104 cm³/mol. The number of benzene rings is 2. The van der Waals surface area contributed by atoms with E-state index in [4.69, 9.17) is 4.84 Å². The van der Waals surface area contributed by atoms with E-state index in [0.717, 1.165) is 38.8 Å². The first kappa shape index (κ1) is 21.0. The molecule has 0 aliphatic heterocycles. The van der Waals surface area contributed by atoms with Crippen molar-refractivity contribution in [3.8, 4) is 0 Å². The number of aliphatic hydroxyl groups excluding tert-OH is 1. The topological polar surface area (TPSA) is 46.5 Å². The summed E-state index contributed by atoms with van der Waals surface area (Å²) in [6, 6.07) is 13.7. The van der Waals surface area contributed by atoms with Crippen LogP contribution in [-0.2, 0) is 11.4 Å². The Labute approximate surface area is 168 Å². The van der Waals surface area contributed by atoms with Crippen LogP contribution in [0, 0.1) is 0 Å². The normalized spacial score (nSPS) is 11.7. The molecule has 0 atom stereocenters. The van der Waals surface area contributed by atoms with Crippen LogP contribution in [0.1, 0.15) is 19.4 Å². The van der Waals surface area contributed by atoms with Gasteiger partial charge in [0, 0.05) is 20.2 Å². The van der Waals surface area contributed by atoms with Gasteiger partial charge in [0.15, 0.2) is 5.43 Å². The van der Waals surface area contributed by atoms with Gasteiger partial charge in [-0.1, -0.05) is 18.2 Å². The summed E-state index contributed by atoms with van der Waals surface area (Å²) in [7, 11) is 0. The van der Waals surface area contributed by atoms with Gasteiger partial charge in [0.1, 0.15) is 26.2 Å². The Kier molecular flexibility index (Phi) is 7.32. The highest BCUT2D eigenvalue weighted by Gasteiger charge is 2.25. The first-order chi connectivity index (χ1) is 12.1. The molecule has 0 saturated heterocycles. The SMILES string of the molecule is CC[N+](CC)(CCO)OCc1ccc2sc3ccccc3c(=O)c2c1.[Br-]. The fourth-order valence-electron chi connectivity index (χ4n) is 3.12. The Balaban J connectivity index is 0.00000243. The Morgan fingerprint density at radius 1 is 1.04 bits per heavy atom. The van der Waals surface area contributed by atoms with Gasteiger partial charge in [-0.15, -0.1) is 11.3 Å². The van der Waals surface area contributed by atoms with Crippen LogP contribution in [0.2, 0.25) is 0 Å². The van der Waals surface area contributed by atoms with E-state index in [1.165, 1.54) is 0 Å². The molecule has 0 amide bonds. The summed E-state index contributed by atoms with van der Waals surface area (Å²) in [6.07, 6.45) is 0. The number of nitrogens with zero attached hydrogens (tertiary/aromatic N) is 1. The molecule has 3 rings (SSSR count). The second-order valence-electron chi connectivity index (χ2n) is 6.17. The van der Waals surface area contributed by atoms with Crippen molar-refractivity contribution in [3.63, 3.8) is 0 Å². The summed E-state index contributed by atoms with van der Waals surface area (Å²) >= 11 is 1.64. The molecule has 0 radical (unpaired) electrons. The number of fused-ring (bicyclic) bond motifs is 2. The third-order valence-electron chi connectivity index (χ3n) is 4.81. The number of hydrogen-bond acceptors (Lipinski definition) is 4. The monoisotopic (exact) mass is 437 g/mol. The average molecular weight is 438 g/mol. The van der Waals surface area contributed by atoms with Crippen LogP contribution in [0.5, 0.6) is 0 Å². The number of halogens is 1. The first-order valence-electron chi connectivity index (χ1n) is 8.68. The van der Waals surface area contributed by atoms with Crippen molar-refractivity contribution in [3.05, 3.63) is 58.3 Å². The minimum Gasteiger partial charge on any atom is -1.00 e. The van der Waals surface area contributed by atoms with E-state index in [-0.39, 0.29) is 29.0 Å². The van der Waals surface area contributed by atoms with Gasteiger partial charge in [0.05, 0.1) is 6.61 Å². The third-order valence-corrected chi connectivity index (χ3v) is 5.96. The highest BCUT2D eigenvalue weighted by atomic mass is 79.9. The largest absolute Gasteiger partial charge is 1.00 e. The van der Waals surface area contributed by atoms with Gasteiger partial charge in [0.2, 0.25) is 0 Å². The lowest BCUT2D eigenvalue weighted by molar-refractivity contribution is -1.11. The second kappa shape index (κ2) is 9.06. The van der Waals surface area contributed by atoms with E-state index in [9.17, 15) is 9.90 Å². The molecular weight excluding hydrogens is 414 g/mol. The van der Waals surface area contributed by atoms with Crippen LogP contribution in [-0.4, -0.2) is 36.0 Å². The zero-order chi connectivity index (χ0) is 17.9. The molecule has 0 bridgehead atoms. The van der Waals surface area contributed by atoms with Crippen LogP contribution >= 0.6 is 11.3 Å². The fourth-order valence-corrected chi connectivity index (χ4v) is 4.17. The number of quaternary nitrogens is 1. The molecule has 26 heavy (non-hydrogen) atoms. The smallest absolute Gasteiger partial charge is 0.195 e. The minimum absolute atomic E-state index is 0. The molecular formula is C20H24BrNO3S. The van der Waals surface area contributed by atoms with Crippen molar-refractivity contribution >= 4 is 31.5 Å². The van der Waals surface area contributed by atoms with E-state index >= 15 is 0 Å². The van der Waals surface area contributed by atoms with Crippen molar-refractivity contribution in [1.29, 1.82) is 0 Å². The lowest BCUT2D eigenvalue weighted by Gasteiger charge is -2.33. The van der Waals surface area contributed by atoms with Crippen LogP contribution in [0.15, 0.2) is 47.3 Å². The standard InChI is InChI=1S/C20H24NO3S.BrH/c1-3-21(4-2,11-12-22)24-14-15-9-10-19-17(13-15)20(23)16-7-5-6-8-18(16)25-19;/h5-10,13,22H,3-4,11-12,14H2,1-2H3;1H/q+1;/p-1. The molecule has 2 aromatic carbocycles. The van der Waals surface area contributed by atoms with E-state index < -0.39 is 0 Å². The van der Waals surface area contributed by atoms with Gasteiger partial charge in [-0.05, 0) is 43.7 Å². The molecule has 0 fully saturated rings. The van der Waals surface area contributed by atoms with Gasteiger partial charge in [-0.2, -0.15) is 9.48 Å². The summed E-state index contributed by atoms with van der Waals surface area (Å²) in [5, 5.41) is 10.8. The van der Waals surface area contributed by atoms with Crippen molar-refractivity contribution in [2.75, 3.05) is 26.2 Å². The van der Waals surface area contributed by atoms with Crippen LogP contribution in [0.25, 0.3) is 20.2 Å². The predicted octanol–water partition coefficient (Wildman–Crippen LogP) is 0.699. The van der Waals surface area contributed by atoms with Crippen molar-refractivity contribution in [1.82, 2.24) is 0 Å². The molecule has 4 nitrogen and oxygen atoms in total. The summed E-state index contributed by atoms with van der Waals surface area (Å²) in [4.78, 5) is 18.9. The molecule has 0 aliphatic carbocycles. The number of hydrogen-bond donors (Lipinski definition) is 1. The van der Waals surface area contributed by atoms with Gasteiger partial charge in [-0.3, -0.25) is 4.79 Å². The van der Waals surface area contributed by atoms with Gasteiger partial charge in [-0.25, -0.2) is 0 Å². The Morgan fingerprint density at radius 3 is 2.42 bits per heavy atom. The average Bonchev–Trinajstić information content (AvgIpc) is 2.66. The molecule has 0 saturated carbocycles. The first-order valence-corrected chi connectivity index (χ1v) is 9.50. The minimum atomic E-state index is 0. The van der Waals surface area contributed by atoms with E-state index in [1.807, 2.05) is 42.5 Å². The van der Waals surface area contributed by atoms with Gasteiger partial charge in [0.25, 0.3) is 0 Å². The molecule has 1 heterocycles. The molecule has 140 valence electrons. The molecule has 3 aromatic rings. The highest BCUT2D eigenvalue weighted by molar-refractivity contribution is 7.24. The maximum atomic E-state index is 12.8. The summed E-state index contributed by atoms with van der Waals surface area (Å²) in [6.45, 7) is 6.80. The van der Waals surface area contributed by atoms with E-state index in [2.05, 4.69) is 13.8 Å². The number of rotatable bonds is 7. The molecule has 1 aromatic heterocycles. The lowest BCUT2D eigenvalue weighted by Crippen LogP contribution is -3.00. The molecule has 0 aliphatic rings. The number of likely N-dealkylation sites (N-methyl/N-ethyl adjacent to an activating group) is 1. The summed E-state index contributed by atoms with van der Waals surface area (Å²) in [5.41, 5.74) is 1.06. The van der Waals surface area contributed by atoms with E-state index in [1.54, 1.807) is 11.3 Å². The van der Waals surface area contributed by atoms with Gasteiger partial charge < -0.3 is 22.1 Å². The van der Waals surface area contributed by atoms with Gasteiger partial charge >= 0.3 is 0 Å². The summed E-state index contributed by atoms with van der Waals surface area (Å²) < 4.78 is 2.42. The van der Waals surface area contributed by atoms with E-state index in [0.29, 0.717) is 17.8 Å². The molecule has 1 N–H and O–H groups in total. The quantitative estimate of drug-likeness (QED) is 0.336. The zero-order valence-electron chi connectivity index (χ0n) is 15.1. The summed E-state index contributed by atoms with van der Waals surface area (Å²) in [5.74, 6) is 0. The third kappa shape index (κ3) is 4.15. The Morgan fingerprint density at radius 2 is 1.73 bits per heavy atom. The fraction of sp³-hybridized carbons (Fsp3) is 0.350. The lowest BCUT2D eigenvalue weighted by atomic mass is 10.1. The van der Waals surface area contributed by atoms with Crippen molar-refractivity contribution in [2.45, 2.75) is 20.5 Å². The zero-order valence-corrected chi connectivity index (χ0v) is 17.5. The maximum absolute atomic E-state index is 12.8. The van der Waals surface area contributed by atoms with Crippen molar-refractivity contribution in [2.24, 2.45) is 0 Å². The maximum Gasteiger partial charge on any atom is 0.195 e. The van der Waals surface area contributed by atoms with Crippen LogP contribution in [0.3, 0.4) is 0 Å². The van der Waals surface area contributed by atoms with Crippen molar-refractivity contribution < 1.29 is 31.6 Å². The Hall–Kier alpha value is -1.31. The Bertz CT molecular complexity index is 937. The molecule has 6 heteroatoms. The van der Waals surface area contributed by atoms with Crippen LogP contribution in [0.4, 0.5) is 0 Å². The molecule has 0 spiro atoms.